The molecule has 0 radical (unpaired) electrons. The van der Waals surface area contributed by atoms with Crippen LogP contribution < -0.4 is 10.6 Å². The van der Waals surface area contributed by atoms with Gasteiger partial charge in [-0.2, -0.15) is 13.2 Å². The Morgan fingerprint density at radius 1 is 1.40 bits per heavy atom. The number of alkyl halides is 3. The smallest absolute Gasteiger partial charge is 0.369 e. The Balaban J connectivity index is 2.45. The molecule has 20 heavy (non-hydrogen) atoms. The first-order valence-corrected chi connectivity index (χ1v) is 6.04. The van der Waals surface area contributed by atoms with E-state index in [9.17, 15) is 22.8 Å². The van der Waals surface area contributed by atoms with Crippen molar-refractivity contribution in [3.63, 3.8) is 0 Å². The van der Waals surface area contributed by atoms with Crippen LogP contribution >= 0.6 is 11.6 Å². The number of hydrogen-bond donors (Lipinski definition) is 1. The van der Waals surface area contributed by atoms with Gasteiger partial charge in [0.05, 0.1) is 17.2 Å². The van der Waals surface area contributed by atoms with E-state index in [-0.39, 0.29) is 23.7 Å². The predicted octanol–water partition coefficient (Wildman–Crippen LogP) is 2.20. The normalized spacial score (nSPS) is 19.5. The first-order valence-electron chi connectivity index (χ1n) is 5.66. The molecule has 1 fully saturated rings. The van der Waals surface area contributed by atoms with Gasteiger partial charge in [0.25, 0.3) is 0 Å². The maximum atomic E-state index is 12.9. The van der Waals surface area contributed by atoms with Gasteiger partial charge >= 0.3 is 6.18 Å². The molecule has 0 bridgehead atoms. The highest BCUT2D eigenvalue weighted by Gasteiger charge is 2.40. The maximum absolute atomic E-state index is 12.9. The molecule has 2 amide bonds. The summed E-state index contributed by atoms with van der Waals surface area (Å²) in [7, 11) is 0. The van der Waals surface area contributed by atoms with E-state index in [4.69, 9.17) is 17.3 Å². The lowest BCUT2D eigenvalue weighted by molar-refractivity contribution is -0.137. The van der Waals surface area contributed by atoms with E-state index < -0.39 is 29.5 Å². The summed E-state index contributed by atoms with van der Waals surface area (Å²) >= 11 is 5.70. The minimum absolute atomic E-state index is 0.0725. The molecule has 8 heteroatoms. The number of carbonyl (C=O) groups is 2. The number of rotatable bonds is 2. The first kappa shape index (κ1) is 14.6. The van der Waals surface area contributed by atoms with Crippen molar-refractivity contribution in [2.24, 2.45) is 11.7 Å². The summed E-state index contributed by atoms with van der Waals surface area (Å²) < 4.78 is 38.8. The quantitative estimate of drug-likeness (QED) is 0.910. The highest BCUT2D eigenvalue weighted by Crippen LogP contribution is 2.39. The second-order valence-corrected chi connectivity index (χ2v) is 4.90. The molecule has 0 aromatic heterocycles. The summed E-state index contributed by atoms with van der Waals surface area (Å²) in [5.41, 5.74) is 3.77. The van der Waals surface area contributed by atoms with Gasteiger partial charge in [0.1, 0.15) is 0 Å². The van der Waals surface area contributed by atoms with Crippen molar-refractivity contribution >= 4 is 29.1 Å². The Morgan fingerprint density at radius 2 is 2.05 bits per heavy atom. The Kier molecular flexibility index (Phi) is 3.64. The van der Waals surface area contributed by atoms with Crippen molar-refractivity contribution in [2.75, 3.05) is 11.4 Å². The van der Waals surface area contributed by atoms with Crippen LogP contribution in [-0.2, 0) is 15.8 Å². The monoisotopic (exact) mass is 306 g/mol. The highest BCUT2D eigenvalue weighted by molar-refractivity contribution is 6.31. The third-order valence-electron chi connectivity index (χ3n) is 3.08. The van der Waals surface area contributed by atoms with Crippen LogP contribution in [0, 0.1) is 5.92 Å². The largest absolute Gasteiger partial charge is 0.418 e. The van der Waals surface area contributed by atoms with E-state index >= 15 is 0 Å². The summed E-state index contributed by atoms with van der Waals surface area (Å²) in [5, 5.41) is 0.0725. The van der Waals surface area contributed by atoms with Gasteiger partial charge in [-0.25, -0.2) is 0 Å². The number of carbonyl (C=O) groups excluding carboxylic acids is 2. The molecule has 1 heterocycles. The zero-order valence-corrected chi connectivity index (χ0v) is 10.8. The number of primary amides is 1. The van der Waals surface area contributed by atoms with Crippen LogP contribution in [0.3, 0.4) is 0 Å². The lowest BCUT2D eigenvalue weighted by Crippen LogP contribution is -2.30. The SMILES string of the molecule is NC(=O)C1CC(=O)N(c2cc(Cl)ccc2C(F)(F)F)C1. The summed E-state index contributed by atoms with van der Waals surface area (Å²) in [6.07, 6.45) is -4.82. The molecule has 0 saturated carbocycles. The third kappa shape index (κ3) is 2.72. The van der Waals surface area contributed by atoms with Gasteiger partial charge in [-0.15, -0.1) is 0 Å². The van der Waals surface area contributed by atoms with Crippen LogP contribution in [0.2, 0.25) is 5.02 Å². The first-order chi connectivity index (χ1) is 9.20. The second-order valence-electron chi connectivity index (χ2n) is 4.47. The molecular formula is C12H10ClF3N2O2. The van der Waals surface area contributed by atoms with E-state index in [0.717, 1.165) is 23.1 Å². The van der Waals surface area contributed by atoms with Gasteiger partial charge in [0, 0.05) is 18.0 Å². The lowest BCUT2D eigenvalue weighted by Gasteiger charge is -2.21. The van der Waals surface area contributed by atoms with Crippen LogP contribution in [0.4, 0.5) is 18.9 Å². The Hall–Kier alpha value is -1.76. The molecule has 1 aromatic carbocycles. The summed E-state index contributed by atoms with van der Waals surface area (Å²) in [5.74, 6) is -2.08. The zero-order valence-electron chi connectivity index (χ0n) is 10.1. The van der Waals surface area contributed by atoms with Crippen LogP contribution in [0.25, 0.3) is 0 Å². The summed E-state index contributed by atoms with van der Waals surface area (Å²) in [6.45, 7) is -0.169. The van der Waals surface area contributed by atoms with Crippen LogP contribution in [-0.4, -0.2) is 18.4 Å². The van der Waals surface area contributed by atoms with Gasteiger partial charge in [-0.3, -0.25) is 9.59 Å². The van der Waals surface area contributed by atoms with Gasteiger partial charge in [0.2, 0.25) is 11.8 Å². The van der Waals surface area contributed by atoms with Crippen molar-refractivity contribution in [1.82, 2.24) is 0 Å². The fraction of sp³-hybridized carbons (Fsp3) is 0.333. The van der Waals surface area contributed by atoms with Crippen LogP contribution in [0.5, 0.6) is 0 Å². The maximum Gasteiger partial charge on any atom is 0.418 e. The number of hydrogen-bond acceptors (Lipinski definition) is 2. The lowest BCUT2D eigenvalue weighted by atomic mass is 10.1. The molecular weight excluding hydrogens is 297 g/mol. The number of benzene rings is 1. The fourth-order valence-electron chi connectivity index (χ4n) is 2.10. The standard InChI is InChI=1S/C12H10ClF3N2O2/c13-7-1-2-8(12(14,15)16)9(4-7)18-5-6(11(17)20)3-10(18)19/h1-2,4,6H,3,5H2,(H2,17,20). The summed E-state index contributed by atoms with van der Waals surface area (Å²) in [4.78, 5) is 23.8. The number of nitrogens with two attached hydrogens (primary N) is 1. The molecule has 2 N–H and O–H groups in total. The molecule has 0 spiro atoms. The molecule has 1 aliphatic rings. The second kappa shape index (κ2) is 4.97. The van der Waals surface area contributed by atoms with Gasteiger partial charge < -0.3 is 10.6 Å². The molecule has 1 unspecified atom stereocenters. The van der Waals surface area contributed by atoms with Gasteiger partial charge in [0.15, 0.2) is 0 Å². The number of amides is 2. The molecule has 1 atom stereocenters. The molecule has 1 aromatic rings. The fourth-order valence-corrected chi connectivity index (χ4v) is 2.27. The highest BCUT2D eigenvalue weighted by atomic mass is 35.5. The Bertz CT molecular complexity index is 574. The van der Waals surface area contributed by atoms with Gasteiger partial charge in [-0.05, 0) is 18.2 Å². The number of anilines is 1. The number of halogens is 4. The average molecular weight is 307 g/mol. The molecule has 0 aliphatic carbocycles. The molecule has 108 valence electrons. The van der Waals surface area contributed by atoms with E-state index in [2.05, 4.69) is 0 Å². The minimum atomic E-state index is -4.62. The Labute approximate surface area is 117 Å². The van der Waals surface area contributed by atoms with Crippen molar-refractivity contribution in [3.8, 4) is 0 Å². The summed E-state index contributed by atoms with van der Waals surface area (Å²) in [6, 6.07) is 2.97. The van der Waals surface area contributed by atoms with Crippen LogP contribution in [0.1, 0.15) is 12.0 Å². The van der Waals surface area contributed by atoms with Crippen molar-refractivity contribution in [2.45, 2.75) is 12.6 Å². The van der Waals surface area contributed by atoms with Crippen molar-refractivity contribution < 1.29 is 22.8 Å². The third-order valence-corrected chi connectivity index (χ3v) is 3.32. The average Bonchev–Trinajstić information content (AvgIpc) is 2.69. The van der Waals surface area contributed by atoms with Crippen LogP contribution in [0.15, 0.2) is 18.2 Å². The van der Waals surface area contributed by atoms with Crippen molar-refractivity contribution in [3.05, 3.63) is 28.8 Å². The van der Waals surface area contributed by atoms with E-state index in [1.54, 1.807) is 0 Å². The van der Waals surface area contributed by atoms with Gasteiger partial charge in [-0.1, -0.05) is 11.6 Å². The molecule has 1 saturated heterocycles. The minimum Gasteiger partial charge on any atom is -0.369 e. The number of nitrogens with zero attached hydrogens (tertiary/aromatic N) is 1. The molecule has 2 rings (SSSR count). The van der Waals surface area contributed by atoms with E-state index in [1.165, 1.54) is 0 Å². The topological polar surface area (TPSA) is 63.4 Å². The van der Waals surface area contributed by atoms with Crippen molar-refractivity contribution in [1.29, 1.82) is 0 Å². The van der Waals surface area contributed by atoms with E-state index in [1.807, 2.05) is 0 Å². The predicted molar refractivity (Wildman–Crippen MR) is 66.1 cm³/mol. The zero-order chi connectivity index (χ0) is 15.1. The molecule has 1 aliphatic heterocycles. The van der Waals surface area contributed by atoms with E-state index in [0.29, 0.717) is 0 Å². The molecule has 4 nitrogen and oxygen atoms in total. The Morgan fingerprint density at radius 3 is 2.55 bits per heavy atom.